The summed E-state index contributed by atoms with van der Waals surface area (Å²) in [5.74, 6) is 1.12. The van der Waals surface area contributed by atoms with Crippen LogP contribution in [0.3, 0.4) is 0 Å². The van der Waals surface area contributed by atoms with Crippen LogP contribution < -0.4 is 15.2 Å². The smallest absolute Gasteiger partial charge is 0.135 e. The van der Waals surface area contributed by atoms with Gasteiger partial charge in [-0.3, -0.25) is 0 Å². The Morgan fingerprint density at radius 3 is 2.24 bits per heavy atom. The highest BCUT2D eigenvalue weighted by Gasteiger charge is 2.43. The fraction of sp³-hybridized carbons (Fsp3) is 0.115. The molecule has 256 valence electrons. The molecule has 2 heterocycles. The van der Waals surface area contributed by atoms with Crippen LogP contribution in [0.1, 0.15) is 58.6 Å². The number of rotatable bonds is 3. The molecular formula is C52H36OS. The van der Waals surface area contributed by atoms with Gasteiger partial charge in [0.05, 0.1) is 5.92 Å². The summed E-state index contributed by atoms with van der Waals surface area (Å²) in [7, 11) is 0. The minimum Gasteiger partial charge on any atom is -0.484 e. The molecule has 3 aliphatic carbocycles. The zero-order valence-electron chi connectivity index (χ0n) is 29.8. The first-order valence-electron chi connectivity index (χ1n) is 19.4. The summed E-state index contributed by atoms with van der Waals surface area (Å²) in [5.41, 5.74) is 14.5. The van der Waals surface area contributed by atoms with Gasteiger partial charge < -0.3 is 4.74 Å². The fourth-order valence-corrected chi connectivity index (χ4v) is 11.2. The van der Waals surface area contributed by atoms with Crippen LogP contribution in [0.2, 0.25) is 0 Å². The molecule has 0 radical (unpaired) electrons. The molecule has 0 amide bonds. The topological polar surface area (TPSA) is 9.23 Å². The van der Waals surface area contributed by atoms with Crippen molar-refractivity contribution < 1.29 is 4.74 Å². The molecule has 0 saturated heterocycles. The molecule has 0 spiro atoms. The van der Waals surface area contributed by atoms with Crippen LogP contribution in [0.5, 0.6) is 5.75 Å². The van der Waals surface area contributed by atoms with Crippen molar-refractivity contribution in [2.75, 3.05) is 0 Å². The van der Waals surface area contributed by atoms with Crippen molar-refractivity contribution in [1.82, 2.24) is 0 Å². The van der Waals surface area contributed by atoms with Gasteiger partial charge in [-0.15, -0.1) is 11.3 Å². The van der Waals surface area contributed by atoms with E-state index in [2.05, 4.69) is 158 Å². The Morgan fingerprint density at radius 1 is 0.574 bits per heavy atom. The zero-order chi connectivity index (χ0) is 35.3. The minimum absolute atomic E-state index is 0.114. The first-order chi connectivity index (χ1) is 26.8. The van der Waals surface area contributed by atoms with Crippen LogP contribution in [0.15, 0.2) is 133 Å². The van der Waals surface area contributed by atoms with Crippen LogP contribution >= 0.6 is 11.3 Å². The number of hydrogen-bond acceptors (Lipinski definition) is 2. The Morgan fingerprint density at radius 2 is 1.33 bits per heavy atom. The van der Waals surface area contributed by atoms with Gasteiger partial charge in [0.25, 0.3) is 0 Å². The van der Waals surface area contributed by atoms with E-state index in [0.29, 0.717) is 0 Å². The van der Waals surface area contributed by atoms with E-state index in [1.807, 2.05) is 11.3 Å². The number of benzene rings is 7. The van der Waals surface area contributed by atoms with Gasteiger partial charge in [0.1, 0.15) is 11.9 Å². The highest BCUT2D eigenvalue weighted by Crippen LogP contribution is 2.53. The fourth-order valence-electron chi connectivity index (χ4n) is 9.92. The van der Waals surface area contributed by atoms with Gasteiger partial charge in [-0.1, -0.05) is 127 Å². The lowest BCUT2D eigenvalue weighted by molar-refractivity contribution is 0.276. The normalized spacial score (nSPS) is 17.8. The molecule has 2 atom stereocenters. The monoisotopic (exact) mass is 708 g/mol. The molecule has 0 saturated carbocycles. The molecule has 2 heteroatoms. The Hall–Kier alpha value is -5.96. The molecule has 0 bridgehead atoms. The van der Waals surface area contributed by atoms with Gasteiger partial charge in [0, 0.05) is 31.3 Å². The van der Waals surface area contributed by atoms with E-state index < -0.39 is 0 Å². The largest absolute Gasteiger partial charge is 0.484 e. The number of para-hydroxylation sites is 1. The number of thiophene rings is 1. The molecule has 0 fully saturated rings. The Balaban J connectivity index is 1.12. The molecule has 4 aliphatic rings. The SMILES string of the molecule is C1=Cc2cc(-c3cccc(-c4c5c(c(C6=Cc7c(ccc8c7sc7ccccc78)C7c8ccccc8OC67)c6ccccc46)=CCCC=5)c3)ccc2CC1. The third kappa shape index (κ3) is 4.44. The first kappa shape index (κ1) is 30.5. The second-order valence-electron chi connectivity index (χ2n) is 15.2. The van der Waals surface area contributed by atoms with Gasteiger partial charge in [-0.2, -0.15) is 0 Å². The van der Waals surface area contributed by atoms with E-state index in [0.717, 1.165) is 31.4 Å². The highest BCUT2D eigenvalue weighted by atomic mass is 32.1. The second-order valence-corrected chi connectivity index (χ2v) is 16.3. The van der Waals surface area contributed by atoms with Crippen molar-refractivity contribution in [3.8, 4) is 28.0 Å². The van der Waals surface area contributed by atoms with Crippen LogP contribution in [0.4, 0.5) is 0 Å². The van der Waals surface area contributed by atoms with Crippen molar-refractivity contribution in [1.29, 1.82) is 0 Å². The lowest BCUT2D eigenvalue weighted by Crippen LogP contribution is -2.36. The summed E-state index contributed by atoms with van der Waals surface area (Å²) in [6, 6.07) is 47.7. The lowest BCUT2D eigenvalue weighted by Gasteiger charge is -2.31. The maximum absolute atomic E-state index is 7.07. The first-order valence-corrected chi connectivity index (χ1v) is 20.2. The van der Waals surface area contributed by atoms with E-state index >= 15 is 0 Å². The number of ether oxygens (including phenoxy) is 1. The second kappa shape index (κ2) is 11.8. The Bertz CT molecular complexity index is 3100. The highest BCUT2D eigenvalue weighted by molar-refractivity contribution is 7.26. The van der Waals surface area contributed by atoms with Crippen molar-refractivity contribution in [3.63, 3.8) is 0 Å². The molecule has 1 nitrogen and oxygen atoms in total. The standard InChI is InChI=1S/C52H36OS/c1-2-13-32-28-34(25-24-31(32)12-1)33-14-11-15-35(29-33)48-37-17-3-5-19-39(37)49(40-20-6-4-18-38(40)48)45-30-44-41(50-43-21-7-9-22-46(43)53-51(45)50)26-27-42-36-16-8-10-23-47(36)54-52(42)44/h2-3,5,7-11,13-30,50-51H,1,4,6,12H2. The lowest BCUT2D eigenvalue weighted by atomic mass is 9.74. The van der Waals surface area contributed by atoms with Crippen LogP contribution in [0, 0.1) is 0 Å². The Kier molecular flexibility index (Phi) is 6.65. The van der Waals surface area contributed by atoms with Gasteiger partial charge >= 0.3 is 0 Å². The number of allylic oxidation sites excluding steroid dienone is 1. The van der Waals surface area contributed by atoms with Gasteiger partial charge in [-0.25, -0.2) is 0 Å². The average Bonchev–Trinajstić information content (AvgIpc) is 3.82. The van der Waals surface area contributed by atoms with Gasteiger partial charge in [0.2, 0.25) is 0 Å². The molecule has 0 N–H and O–H groups in total. The summed E-state index contributed by atoms with van der Waals surface area (Å²) >= 11 is 1.92. The predicted octanol–water partition coefficient (Wildman–Crippen LogP) is 12.3. The Labute approximate surface area is 318 Å². The molecule has 7 aromatic carbocycles. The maximum atomic E-state index is 7.07. The van der Waals surface area contributed by atoms with E-state index in [4.69, 9.17) is 4.74 Å². The van der Waals surface area contributed by atoms with E-state index in [9.17, 15) is 0 Å². The molecule has 1 aliphatic heterocycles. The van der Waals surface area contributed by atoms with E-state index in [1.165, 1.54) is 103 Å². The summed E-state index contributed by atoms with van der Waals surface area (Å²) in [5, 5.41) is 7.95. The van der Waals surface area contributed by atoms with E-state index in [-0.39, 0.29) is 12.0 Å². The van der Waals surface area contributed by atoms with Crippen molar-refractivity contribution in [2.24, 2.45) is 0 Å². The van der Waals surface area contributed by atoms with Gasteiger partial charge in [0.15, 0.2) is 0 Å². The molecule has 54 heavy (non-hydrogen) atoms. The summed E-state index contributed by atoms with van der Waals surface area (Å²) in [6.07, 6.45) is 16.3. The summed E-state index contributed by atoms with van der Waals surface area (Å²) < 4.78 is 9.78. The van der Waals surface area contributed by atoms with Crippen molar-refractivity contribution in [3.05, 3.63) is 177 Å². The zero-order valence-corrected chi connectivity index (χ0v) is 30.6. The average molecular weight is 709 g/mol. The number of hydrogen-bond donors (Lipinski definition) is 0. The number of aryl methyl sites for hydroxylation is 1. The van der Waals surface area contributed by atoms with Crippen molar-refractivity contribution in [2.45, 2.75) is 37.7 Å². The van der Waals surface area contributed by atoms with Crippen molar-refractivity contribution >= 4 is 72.2 Å². The molecular weight excluding hydrogens is 673 g/mol. The summed E-state index contributed by atoms with van der Waals surface area (Å²) in [6.45, 7) is 0. The van der Waals surface area contributed by atoms with Gasteiger partial charge in [-0.05, 0) is 127 Å². The maximum Gasteiger partial charge on any atom is 0.135 e. The quantitative estimate of drug-likeness (QED) is 0.178. The molecule has 12 rings (SSSR count). The third-order valence-corrected chi connectivity index (χ3v) is 13.5. The van der Waals surface area contributed by atoms with Crippen LogP contribution in [-0.2, 0) is 6.42 Å². The summed E-state index contributed by atoms with van der Waals surface area (Å²) in [4.78, 5) is 0. The molecule has 2 unspecified atom stereocenters. The van der Waals surface area contributed by atoms with Crippen LogP contribution in [-0.4, -0.2) is 6.10 Å². The number of fused-ring (bicyclic) bond motifs is 12. The van der Waals surface area contributed by atoms with E-state index in [1.54, 1.807) is 0 Å². The molecule has 8 aromatic rings. The predicted molar refractivity (Wildman–Crippen MR) is 229 cm³/mol. The minimum atomic E-state index is -0.114. The molecule has 1 aromatic heterocycles. The van der Waals surface area contributed by atoms with Crippen LogP contribution in [0.25, 0.3) is 83.1 Å². The third-order valence-electron chi connectivity index (χ3n) is 12.3.